The Morgan fingerprint density at radius 2 is 2.10 bits per heavy atom. The molecule has 1 amide bonds. The molecule has 0 saturated carbocycles. The molecular formula is C16H29N3O. The second-order valence-electron chi connectivity index (χ2n) is 5.89. The van der Waals surface area contributed by atoms with E-state index in [0.29, 0.717) is 25.4 Å². The summed E-state index contributed by atoms with van der Waals surface area (Å²) in [5.41, 5.74) is -0.835. The smallest absolute Gasteiger partial charge is 0.240 e. The molecular weight excluding hydrogens is 250 g/mol. The Balaban J connectivity index is 2.30. The zero-order valence-electron chi connectivity index (χ0n) is 13.2. The number of amides is 1. The first kappa shape index (κ1) is 17.0. The van der Waals surface area contributed by atoms with E-state index in [1.54, 1.807) is 0 Å². The van der Waals surface area contributed by atoms with Crippen molar-refractivity contribution in [2.45, 2.75) is 65.3 Å². The van der Waals surface area contributed by atoms with E-state index >= 15 is 0 Å². The molecule has 1 saturated heterocycles. The van der Waals surface area contributed by atoms with Gasteiger partial charge in [-0.25, -0.2) is 0 Å². The fourth-order valence-corrected chi connectivity index (χ4v) is 2.92. The molecule has 4 heteroatoms. The predicted octanol–water partition coefficient (Wildman–Crippen LogP) is 2.70. The highest BCUT2D eigenvalue weighted by atomic mass is 16.2. The molecule has 114 valence electrons. The third-order valence-electron chi connectivity index (χ3n) is 4.70. The first-order chi connectivity index (χ1) is 9.59. The number of nitriles is 1. The summed E-state index contributed by atoms with van der Waals surface area (Å²) in [6.45, 7) is 8.99. The Bertz CT molecular complexity index is 344. The van der Waals surface area contributed by atoms with Crippen molar-refractivity contribution in [2.75, 3.05) is 19.6 Å². The molecule has 0 aliphatic carbocycles. The van der Waals surface area contributed by atoms with Crippen LogP contribution in [0.5, 0.6) is 0 Å². The first-order valence-electron chi connectivity index (χ1n) is 8.03. The number of nitrogens with zero attached hydrogens (tertiary/aromatic N) is 2. The summed E-state index contributed by atoms with van der Waals surface area (Å²) in [6, 6.07) is 2.86. The average Bonchev–Trinajstić information content (AvgIpc) is 2.48. The van der Waals surface area contributed by atoms with E-state index in [4.69, 9.17) is 0 Å². The zero-order chi connectivity index (χ0) is 15.0. The molecule has 0 radical (unpaired) electrons. The Kier molecular flexibility index (Phi) is 7.01. The van der Waals surface area contributed by atoms with Gasteiger partial charge in [-0.1, -0.05) is 20.3 Å². The Morgan fingerprint density at radius 3 is 2.65 bits per heavy atom. The minimum absolute atomic E-state index is 0.100. The lowest BCUT2D eigenvalue weighted by Gasteiger charge is -2.33. The van der Waals surface area contributed by atoms with Crippen molar-refractivity contribution in [1.29, 1.82) is 5.26 Å². The summed E-state index contributed by atoms with van der Waals surface area (Å²) in [5.74, 6) is -0.100. The van der Waals surface area contributed by atoms with Crippen molar-refractivity contribution in [2.24, 2.45) is 5.41 Å². The molecule has 0 aromatic heterocycles. The zero-order valence-corrected chi connectivity index (χ0v) is 13.2. The van der Waals surface area contributed by atoms with Gasteiger partial charge in [-0.05, 0) is 45.6 Å². The first-order valence-corrected chi connectivity index (χ1v) is 8.03. The number of carbonyl (C=O) groups is 1. The van der Waals surface area contributed by atoms with E-state index in [0.717, 1.165) is 13.0 Å². The highest BCUT2D eigenvalue weighted by molar-refractivity contribution is 5.85. The van der Waals surface area contributed by atoms with Crippen LogP contribution in [0.15, 0.2) is 0 Å². The van der Waals surface area contributed by atoms with E-state index in [1.807, 2.05) is 13.8 Å². The number of likely N-dealkylation sites (tertiary alicyclic amines) is 1. The van der Waals surface area contributed by atoms with Crippen molar-refractivity contribution in [3.8, 4) is 6.07 Å². The molecule has 4 nitrogen and oxygen atoms in total. The fourth-order valence-electron chi connectivity index (χ4n) is 2.92. The van der Waals surface area contributed by atoms with Crippen LogP contribution in [0.2, 0.25) is 0 Å². The molecule has 1 unspecified atom stereocenters. The topological polar surface area (TPSA) is 56.1 Å². The van der Waals surface area contributed by atoms with Gasteiger partial charge >= 0.3 is 0 Å². The Morgan fingerprint density at radius 1 is 1.40 bits per heavy atom. The SMILES string of the molecule is CCC(C#N)(CC)C(=O)NCCCN1CCCCC1C. The van der Waals surface area contributed by atoms with Gasteiger partial charge in [-0.3, -0.25) is 4.79 Å². The molecule has 0 spiro atoms. The van der Waals surface area contributed by atoms with Crippen LogP contribution >= 0.6 is 0 Å². The van der Waals surface area contributed by atoms with Gasteiger partial charge < -0.3 is 10.2 Å². The van der Waals surface area contributed by atoms with Gasteiger partial charge in [0.15, 0.2) is 0 Å². The maximum atomic E-state index is 12.1. The third kappa shape index (κ3) is 4.21. The predicted molar refractivity (Wildman–Crippen MR) is 81.1 cm³/mol. The quantitative estimate of drug-likeness (QED) is 0.729. The van der Waals surface area contributed by atoms with Crippen LogP contribution in [0.3, 0.4) is 0 Å². The number of piperidine rings is 1. The molecule has 1 rings (SSSR count). The van der Waals surface area contributed by atoms with Crippen LogP contribution in [-0.4, -0.2) is 36.5 Å². The normalized spacial score (nSPS) is 20.4. The lowest BCUT2D eigenvalue weighted by Crippen LogP contribution is -2.42. The molecule has 20 heavy (non-hydrogen) atoms. The number of carbonyl (C=O) groups excluding carboxylic acids is 1. The number of hydrogen-bond donors (Lipinski definition) is 1. The molecule has 1 N–H and O–H groups in total. The van der Waals surface area contributed by atoms with Crippen molar-refractivity contribution >= 4 is 5.91 Å². The van der Waals surface area contributed by atoms with Crippen LogP contribution < -0.4 is 5.32 Å². The minimum atomic E-state index is -0.835. The Labute approximate surface area is 123 Å². The molecule has 1 aliphatic rings. The molecule has 1 fully saturated rings. The summed E-state index contributed by atoms with van der Waals surface area (Å²) in [7, 11) is 0. The van der Waals surface area contributed by atoms with E-state index in [2.05, 4.69) is 23.2 Å². The van der Waals surface area contributed by atoms with Crippen LogP contribution in [0.1, 0.15) is 59.3 Å². The van der Waals surface area contributed by atoms with E-state index in [1.165, 1.54) is 25.8 Å². The highest BCUT2D eigenvalue weighted by Crippen LogP contribution is 2.25. The second-order valence-corrected chi connectivity index (χ2v) is 5.89. The van der Waals surface area contributed by atoms with Crippen molar-refractivity contribution < 1.29 is 4.79 Å². The van der Waals surface area contributed by atoms with Crippen molar-refractivity contribution in [3.63, 3.8) is 0 Å². The molecule has 0 aromatic rings. The third-order valence-corrected chi connectivity index (χ3v) is 4.70. The standard InChI is InChI=1S/C16H29N3O/c1-4-16(5-2,13-17)15(20)18-10-8-12-19-11-7-6-9-14(19)3/h14H,4-12H2,1-3H3,(H,18,20). The van der Waals surface area contributed by atoms with Crippen LogP contribution in [0.4, 0.5) is 0 Å². The van der Waals surface area contributed by atoms with Crippen LogP contribution in [-0.2, 0) is 4.79 Å². The van der Waals surface area contributed by atoms with Gasteiger partial charge in [0, 0.05) is 19.1 Å². The summed E-state index contributed by atoms with van der Waals surface area (Å²) in [4.78, 5) is 14.6. The molecule has 0 bridgehead atoms. The summed E-state index contributed by atoms with van der Waals surface area (Å²) >= 11 is 0. The van der Waals surface area contributed by atoms with Gasteiger partial charge in [0.1, 0.15) is 5.41 Å². The number of hydrogen-bond acceptors (Lipinski definition) is 3. The minimum Gasteiger partial charge on any atom is -0.355 e. The van der Waals surface area contributed by atoms with E-state index in [-0.39, 0.29) is 5.91 Å². The van der Waals surface area contributed by atoms with Crippen LogP contribution in [0.25, 0.3) is 0 Å². The lowest BCUT2D eigenvalue weighted by atomic mass is 9.83. The molecule has 1 aliphatic heterocycles. The molecule has 0 aromatic carbocycles. The van der Waals surface area contributed by atoms with Crippen molar-refractivity contribution in [3.05, 3.63) is 0 Å². The maximum absolute atomic E-state index is 12.1. The average molecular weight is 279 g/mol. The summed E-state index contributed by atoms with van der Waals surface area (Å²) in [6.07, 6.45) is 6.04. The van der Waals surface area contributed by atoms with Gasteiger partial charge in [0.05, 0.1) is 6.07 Å². The maximum Gasteiger partial charge on any atom is 0.240 e. The monoisotopic (exact) mass is 279 g/mol. The number of nitrogens with one attached hydrogen (secondary N) is 1. The fraction of sp³-hybridized carbons (Fsp3) is 0.875. The molecule has 1 atom stereocenters. The largest absolute Gasteiger partial charge is 0.355 e. The van der Waals surface area contributed by atoms with Crippen molar-refractivity contribution in [1.82, 2.24) is 10.2 Å². The van der Waals surface area contributed by atoms with E-state index < -0.39 is 5.41 Å². The van der Waals surface area contributed by atoms with Crippen LogP contribution in [0, 0.1) is 16.7 Å². The second kappa shape index (κ2) is 8.26. The molecule has 1 heterocycles. The summed E-state index contributed by atoms with van der Waals surface area (Å²) < 4.78 is 0. The summed E-state index contributed by atoms with van der Waals surface area (Å²) in [5, 5.41) is 12.2. The van der Waals surface area contributed by atoms with Gasteiger partial charge in [0.25, 0.3) is 0 Å². The van der Waals surface area contributed by atoms with E-state index in [9.17, 15) is 10.1 Å². The van der Waals surface area contributed by atoms with Gasteiger partial charge in [0.2, 0.25) is 5.91 Å². The lowest BCUT2D eigenvalue weighted by molar-refractivity contribution is -0.128. The van der Waals surface area contributed by atoms with Gasteiger partial charge in [-0.15, -0.1) is 0 Å². The Hall–Kier alpha value is -1.08. The highest BCUT2D eigenvalue weighted by Gasteiger charge is 2.34. The van der Waals surface area contributed by atoms with Gasteiger partial charge in [-0.2, -0.15) is 5.26 Å². The number of rotatable bonds is 7.